The second-order valence-corrected chi connectivity index (χ2v) is 6.32. The van der Waals surface area contributed by atoms with Crippen LogP contribution in [0.5, 0.6) is 0 Å². The molecule has 2 heterocycles. The number of amides is 1. The highest BCUT2D eigenvalue weighted by molar-refractivity contribution is 6.30. The van der Waals surface area contributed by atoms with E-state index in [4.69, 9.17) is 16.1 Å². The lowest BCUT2D eigenvalue weighted by molar-refractivity contribution is 0.0694. The van der Waals surface area contributed by atoms with Gasteiger partial charge in [-0.3, -0.25) is 4.79 Å². The number of halogens is 1. The number of benzene rings is 2. The molecular formula is C19H15ClN2O2. The Morgan fingerprint density at radius 2 is 1.83 bits per heavy atom. The minimum absolute atomic E-state index is 0.0442. The van der Waals surface area contributed by atoms with Crippen LogP contribution in [0.1, 0.15) is 27.7 Å². The molecule has 1 aliphatic heterocycles. The van der Waals surface area contributed by atoms with Crippen molar-refractivity contribution in [3.8, 4) is 11.3 Å². The molecule has 0 aliphatic carbocycles. The van der Waals surface area contributed by atoms with E-state index in [0.29, 0.717) is 28.5 Å². The quantitative estimate of drug-likeness (QED) is 0.697. The zero-order valence-corrected chi connectivity index (χ0v) is 13.8. The molecule has 1 atom stereocenters. The Kier molecular flexibility index (Phi) is 3.62. The van der Waals surface area contributed by atoms with Gasteiger partial charge in [0.05, 0.1) is 6.04 Å². The van der Waals surface area contributed by atoms with Crippen LogP contribution in [-0.2, 0) is 6.42 Å². The van der Waals surface area contributed by atoms with Crippen LogP contribution in [-0.4, -0.2) is 23.0 Å². The average Bonchev–Trinajstić information content (AvgIpc) is 3.03. The van der Waals surface area contributed by atoms with Crippen LogP contribution in [0.4, 0.5) is 0 Å². The van der Waals surface area contributed by atoms with Gasteiger partial charge < -0.3 is 9.42 Å². The molecule has 1 amide bonds. The first-order valence-corrected chi connectivity index (χ1v) is 8.09. The van der Waals surface area contributed by atoms with Gasteiger partial charge in [0.2, 0.25) is 0 Å². The highest BCUT2D eigenvalue weighted by atomic mass is 35.5. The number of rotatable bonds is 2. The maximum Gasteiger partial charge on any atom is 0.260 e. The summed E-state index contributed by atoms with van der Waals surface area (Å²) in [5.41, 5.74) is 3.03. The normalized spacial score (nSPS) is 17.0. The number of carbonyl (C=O) groups excluding carboxylic acids is 1. The van der Waals surface area contributed by atoms with Gasteiger partial charge in [0.25, 0.3) is 5.91 Å². The molecule has 0 N–H and O–H groups in total. The van der Waals surface area contributed by atoms with Crippen LogP contribution in [0.25, 0.3) is 11.3 Å². The second-order valence-electron chi connectivity index (χ2n) is 5.88. The van der Waals surface area contributed by atoms with Gasteiger partial charge in [-0.05, 0) is 17.7 Å². The summed E-state index contributed by atoms with van der Waals surface area (Å²) in [5, 5.41) is 4.79. The van der Waals surface area contributed by atoms with Crippen molar-refractivity contribution >= 4 is 17.5 Å². The summed E-state index contributed by atoms with van der Waals surface area (Å²) in [6.07, 6.45) is 0.613. The Bertz CT molecular complexity index is 887. The molecule has 0 bridgehead atoms. The lowest BCUT2D eigenvalue weighted by Gasteiger charge is -2.31. The van der Waals surface area contributed by atoms with Crippen molar-refractivity contribution in [1.29, 1.82) is 0 Å². The molecule has 0 saturated heterocycles. The molecule has 4 nitrogen and oxygen atoms in total. The lowest BCUT2D eigenvalue weighted by Crippen LogP contribution is -2.37. The van der Waals surface area contributed by atoms with Crippen LogP contribution in [0, 0.1) is 0 Å². The van der Waals surface area contributed by atoms with E-state index in [1.165, 1.54) is 0 Å². The van der Waals surface area contributed by atoms with Crippen molar-refractivity contribution in [2.45, 2.75) is 12.5 Å². The predicted molar refractivity (Wildman–Crippen MR) is 91.9 cm³/mol. The number of carbonyl (C=O) groups is 1. The molecule has 4 rings (SSSR count). The number of aromatic nitrogens is 1. The van der Waals surface area contributed by atoms with Gasteiger partial charge in [-0.2, -0.15) is 0 Å². The number of likely N-dealkylation sites (N-methyl/N-ethyl adjacent to an activating group) is 1. The van der Waals surface area contributed by atoms with Gasteiger partial charge >= 0.3 is 0 Å². The number of hydrogen-bond acceptors (Lipinski definition) is 3. The zero-order valence-electron chi connectivity index (χ0n) is 13.1. The highest BCUT2D eigenvalue weighted by Crippen LogP contribution is 2.36. The first kappa shape index (κ1) is 15.0. The lowest BCUT2D eigenvalue weighted by atomic mass is 9.92. The Labute approximate surface area is 144 Å². The largest absolute Gasteiger partial charge is 0.360 e. The third kappa shape index (κ3) is 2.39. The first-order chi connectivity index (χ1) is 11.6. The average molecular weight is 339 g/mol. The smallest absolute Gasteiger partial charge is 0.260 e. The van der Waals surface area contributed by atoms with E-state index >= 15 is 0 Å². The van der Waals surface area contributed by atoms with Gasteiger partial charge in [-0.15, -0.1) is 0 Å². The Morgan fingerprint density at radius 3 is 2.54 bits per heavy atom. The van der Waals surface area contributed by atoms with E-state index in [0.717, 1.165) is 11.1 Å². The van der Waals surface area contributed by atoms with Gasteiger partial charge in [0.1, 0.15) is 11.3 Å². The van der Waals surface area contributed by atoms with Gasteiger partial charge in [0.15, 0.2) is 5.76 Å². The molecular weight excluding hydrogens is 324 g/mol. The standard InChI is InChI=1S/C19H15ClN2O2/c1-22-15(12-5-3-2-4-6-12)11-16-17(19(22)23)18(21-24-16)13-7-9-14(20)10-8-13/h2-10,15H,11H2,1H3. The minimum Gasteiger partial charge on any atom is -0.360 e. The third-order valence-corrected chi connectivity index (χ3v) is 4.70. The minimum atomic E-state index is -0.0729. The molecule has 5 heteroatoms. The molecule has 0 radical (unpaired) electrons. The van der Waals surface area contributed by atoms with Crippen LogP contribution in [0.15, 0.2) is 59.1 Å². The van der Waals surface area contributed by atoms with Crippen molar-refractivity contribution in [2.24, 2.45) is 0 Å². The van der Waals surface area contributed by atoms with Crippen molar-refractivity contribution in [2.75, 3.05) is 7.05 Å². The third-order valence-electron chi connectivity index (χ3n) is 4.45. The summed E-state index contributed by atoms with van der Waals surface area (Å²) in [6, 6.07) is 17.2. The summed E-state index contributed by atoms with van der Waals surface area (Å²) >= 11 is 5.94. The molecule has 1 unspecified atom stereocenters. The summed E-state index contributed by atoms with van der Waals surface area (Å²) < 4.78 is 5.51. The van der Waals surface area contributed by atoms with E-state index in [9.17, 15) is 4.79 Å². The summed E-state index contributed by atoms with van der Waals surface area (Å²) in [6.45, 7) is 0. The Balaban J connectivity index is 1.76. The Hall–Kier alpha value is -2.59. The van der Waals surface area contributed by atoms with Crippen LogP contribution >= 0.6 is 11.6 Å². The van der Waals surface area contributed by atoms with Crippen LogP contribution in [0.3, 0.4) is 0 Å². The number of nitrogens with zero attached hydrogens (tertiary/aromatic N) is 2. The highest BCUT2D eigenvalue weighted by Gasteiger charge is 2.36. The van der Waals surface area contributed by atoms with E-state index in [2.05, 4.69) is 5.16 Å². The molecule has 0 spiro atoms. The predicted octanol–water partition coefficient (Wildman–Crippen LogP) is 4.36. The van der Waals surface area contributed by atoms with Gasteiger partial charge in [-0.25, -0.2) is 0 Å². The van der Waals surface area contributed by atoms with E-state index in [-0.39, 0.29) is 11.9 Å². The maximum atomic E-state index is 12.9. The molecule has 2 aromatic carbocycles. The second kappa shape index (κ2) is 5.80. The van der Waals surface area contributed by atoms with E-state index < -0.39 is 0 Å². The fourth-order valence-electron chi connectivity index (χ4n) is 3.14. The summed E-state index contributed by atoms with van der Waals surface area (Å²) in [7, 11) is 1.82. The molecule has 1 aromatic heterocycles. The number of hydrogen-bond donors (Lipinski definition) is 0. The fraction of sp³-hybridized carbons (Fsp3) is 0.158. The monoisotopic (exact) mass is 338 g/mol. The molecule has 0 saturated carbocycles. The van der Waals surface area contributed by atoms with Crippen LogP contribution < -0.4 is 0 Å². The molecule has 3 aromatic rings. The van der Waals surface area contributed by atoms with Crippen molar-refractivity contribution < 1.29 is 9.32 Å². The van der Waals surface area contributed by atoms with Crippen molar-refractivity contribution in [3.63, 3.8) is 0 Å². The van der Waals surface area contributed by atoms with Gasteiger partial charge in [0, 0.05) is 24.1 Å². The summed E-state index contributed by atoms with van der Waals surface area (Å²) in [4.78, 5) is 14.7. The molecule has 120 valence electrons. The number of fused-ring (bicyclic) bond motifs is 1. The summed E-state index contributed by atoms with van der Waals surface area (Å²) in [5.74, 6) is 0.563. The fourth-order valence-corrected chi connectivity index (χ4v) is 3.26. The van der Waals surface area contributed by atoms with E-state index in [1.54, 1.807) is 17.0 Å². The zero-order chi connectivity index (χ0) is 16.7. The van der Waals surface area contributed by atoms with Crippen LogP contribution in [0.2, 0.25) is 5.02 Å². The molecule has 24 heavy (non-hydrogen) atoms. The SMILES string of the molecule is CN1C(=O)c2c(-c3ccc(Cl)cc3)noc2CC1c1ccccc1. The first-order valence-electron chi connectivity index (χ1n) is 7.71. The molecule has 1 aliphatic rings. The maximum absolute atomic E-state index is 12.9. The molecule has 0 fully saturated rings. The topological polar surface area (TPSA) is 46.3 Å². The Morgan fingerprint density at radius 1 is 1.12 bits per heavy atom. The van der Waals surface area contributed by atoms with Gasteiger partial charge in [-0.1, -0.05) is 59.2 Å². The van der Waals surface area contributed by atoms with Crippen molar-refractivity contribution in [3.05, 3.63) is 76.5 Å². The van der Waals surface area contributed by atoms with E-state index in [1.807, 2.05) is 49.5 Å². The van der Waals surface area contributed by atoms with Crippen molar-refractivity contribution in [1.82, 2.24) is 10.1 Å².